The number of imidazole rings is 1. The van der Waals surface area contributed by atoms with E-state index in [9.17, 15) is 4.39 Å². The van der Waals surface area contributed by atoms with Crippen molar-refractivity contribution in [2.24, 2.45) is 0 Å². The predicted octanol–water partition coefficient (Wildman–Crippen LogP) is 2.59. The first-order valence-corrected chi connectivity index (χ1v) is 5.41. The van der Waals surface area contributed by atoms with E-state index in [1.807, 2.05) is 16.8 Å². The van der Waals surface area contributed by atoms with Crippen molar-refractivity contribution >= 4 is 0 Å². The highest BCUT2D eigenvalue weighted by molar-refractivity contribution is 5.33. The zero-order valence-electron chi connectivity index (χ0n) is 9.02. The molecule has 4 heteroatoms. The molecule has 0 saturated heterocycles. The molecule has 1 aliphatic rings. The summed E-state index contributed by atoms with van der Waals surface area (Å²) in [6.07, 6.45) is 6.16. The van der Waals surface area contributed by atoms with Crippen LogP contribution in [0.3, 0.4) is 0 Å². The van der Waals surface area contributed by atoms with Gasteiger partial charge in [-0.25, -0.2) is 9.97 Å². The summed E-state index contributed by atoms with van der Waals surface area (Å²) in [6, 6.07) is 3.27. The quantitative estimate of drug-likeness (QED) is 0.724. The molecule has 2 aromatic rings. The van der Waals surface area contributed by atoms with E-state index < -0.39 is 5.95 Å². The van der Waals surface area contributed by atoms with Gasteiger partial charge in [-0.05, 0) is 25.8 Å². The number of halogens is 1. The summed E-state index contributed by atoms with van der Waals surface area (Å²) < 4.78 is 15.0. The van der Waals surface area contributed by atoms with Crippen LogP contribution in [0.5, 0.6) is 0 Å². The number of pyridine rings is 1. The molecule has 0 aliphatic heterocycles. The lowest BCUT2D eigenvalue weighted by atomic mass is 10.3. The fraction of sp³-hybridized carbons (Fsp3) is 0.333. The molecule has 1 aliphatic carbocycles. The fourth-order valence-electron chi connectivity index (χ4n) is 1.83. The SMILES string of the molecule is Cc1cc(-n2cnc(C3CC3)c2)cc(F)n1. The van der Waals surface area contributed by atoms with Crippen molar-refractivity contribution in [3.8, 4) is 5.69 Å². The summed E-state index contributed by atoms with van der Waals surface area (Å²) >= 11 is 0. The summed E-state index contributed by atoms with van der Waals surface area (Å²) in [5.41, 5.74) is 2.57. The van der Waals surface area contributed by atoms with Crippen molar-refractivity contribution < 1.29 is 4.39 Å². The monoisotopic (exact) mass is 217 g/mol. The Labute approximate surface area is 93.0 Å². The maximum Gasteiger partial charge on any atom is 0.215 e. The van der Waals surface area contributed by atoms with E-state index in [1.54, 1.807) is 13.3 Å². The highest BCUT2D eigenvalue weighted by Crippen LogP contribution is 2.39. The molecule has 0 aromatic carbocycles. The minimum atomic E-state index is -0.448. The van der Waals surface area contributed by atoms with Crippen LogP contribution in [-0.4, -0.2) is 14.5 Å². The van der Waals surface area contributed by atoms with Crippen molar-refractivity contribution in [3.05, 3.63) is 42.0 Å². The molecular weight excluding hydrogens is 205 g/mol. The second-order valence-corrected chi connectivity index (χ2v) is 4.27. The van der Waals surface area contributed by atoms with Gasteiger partial charge in [-0.2, -0.15) is 4.39 Å². The molecule has 2 heterocycles. The molecule has 3 nitrogen and oxygen atoms in total. The summed E-state index contributed by atoms with van der Waals surface area (Å²) in [5.74, 6) is 0.172. The van der Waals surface area contributed by atoms with Crippen LogP contribution in [-0.2, 0) is 0 Å². The van der Waals surface area contributed by atoms with Crippen LogP contribution in [0.15, 0.2) is 24.7 Å². The van der Waals surface area contributed by atoms with Gasteiger partial charge in [0.15, 0.2) is 0 Å². The maximum absolute atomic E-state index is 13.1. The topological polar surface area (TPSA) is 30.7 Å². The molecule has 16 heavy (non-hydrogen) atoms. The number of aromatic nitrogens is 3. The van der Waals surface area contributed by atoms with Gasteiger partial charge in [-0.15, -0.1) is 0 Å². The van der Waals surface area contributed by atoms with E-state index in [0.717, 1.165) is 11.4 Å². The molecule has 0 atom stereocenters. The minimum absolute atomic E-state index is 0.448. The molecule has 1 fully saturated rings. The third-order valence-electron chi connectivity index (χ3n) is 2.80. The third kappa shape index (κ3) is 1.71. The van der Waals surface area contributed by atoms with Crippen LogP contribution >= 0.6 is 0 Å². The largest absolute Gasteiger partial charge is 0.306 e. The molecule has 0 unspecified atom stereocenters. The molecule has 0 radical (unpaired) electrons. The number of hydrogen-bond donors (Lipinski definition) is 0. The molecule has 0 amide bonds. The van der Waals surface area contributed by atoms with E-state index in [-0.39, 0.29) is 0 Å². The Hall–Kier alpha value is -1.71. The zero-order valence-corrected chi connectivity index (χ0v) is 9.02. The van der Waals surface area contributed by atoms with E-state index in [1.165, 1.54) is 18.9 Å². The third-order valence-corrected chi connectivity index (χ3v) is 2.80. The molecule has 2 aromatic heterocycles. The van der Waals surface area contributed by atoms with Gasteiger partial charge < -0.3 is 4.57 Å². The first-order chi connectivity index (χ1) is 7.72. The van der Waals surface area contributed by atoms with Crippen LogP contribution in [0.4, 0.5) is 4.39 Å². The van der Waals surface area contributed by atoms with Crippen LogP contribution in [0.1, 0.15) is 30.1 Å². The number of aryl methyl sites for hydroxylation is 1. The Morgan fingerprint density at radius 1 is 1.38 bits per heavy atom. The molecule has 1 saturated carbocycles. The smallest absolute Gasteiger partial charge is 0.215 e. The number of nitrogens with zero attached hydrogens (tertiary/aromatic N) is 3. The summed E-state index contributed by atoms with van der Waals surface area (Å²) in [7, 11) is 0. The number of hydrogen-bond acceptors (Lipinski definition) is 2. The first kappa shape index (κ1) is 9.51. The van der Waals surface area contributed by atoms with Crippen molar-refractivity contribution in [1.29, 1.82) is 0 Å². The lowest BCUT2D eigenvalue weighted by Crippen LogP contribution is -1.95. The molecule has 0 bridgehead atoms. The van der Waals surface area contributed by atoms with E-state index in [2.05, 4.69) is 9.97 Å². The van der Waals surface area contributed by atoms with Crippen LogP contribution in [0, 0.1) is 12.9 Å². The van der Waals surface area contributed by atoms with Crippen molar-refractivity contribution in [2.45, 2.75) is 25.7 Å². The van der Waals surface area contributed by atoms with Gasteiger partial charge in [0.05, 0.1) is 17.7 Å². The first-order valence-electron chi connectivity index (χ1n) is 5.41. The molecule has 3 rings (SSSR count). The Morgan fingerprint density at radius 2 is 2.19 bits per heavy atom. The van der Waals surface area contributed by atoms with Gasteiger partial charge in [0.25, 0.3) is 0 Å². The van der Waals surface area contributed by atoms with Gasteiger partial charge >= 0.3 is 0 Å². The number of rotatable bonds is 2. The van der Waals surface area contributed by atoms with Crippen LogP contribution in [0.25, 0.3) is 5.69 Å². The van der Waals surface area contributed by atoms with Gasteiger partial charge in [-0.3, -0.25) is 0 Å². The lowest BCUT2D eigenvalue weighted by Gasteiger charge is -2.02. The average Bonchev–Trinajstić information content (AvgIpc) is 2.95. The Kier molecular flexibility index (Phi) is 2.02. The highest BCUT2D eigenvalue weighted by atomic mass is 19.1. The summed E-state index contributed by atoms with van der Waals surface area (Å²) in [6.45, 7) is 1.78. The van der Waals surface area contributed by atoms with Crippen LogP contribution in [0.2, 0.25) is 0 Å². The molecular formula is C12H12FN3. The second-order valence-electron chi connectivity index (χ2n) is 4.27. The van der Waals surface area contributed by atoms with Gasteiger partial charge in [-0.1, -0.05) is 0 Å². The van der Waals surface area contributed by atoms with E-state index in [0.29, 0.717) is 11.6 Å². The second kappa shape index (κ2) is 3.40. The lowest BCUT2D eigenvalue weighted by molar-refractivity contribution is 0.579. The Balaban J connectivity index is 2.00. The zero-order chi connectivity index (χ0) is 11.1. The van der Waals surface area contributed by atoms with Crippen molar-refractivity contribution in [2.75, 3.05) is 0 Å². The average molecular weight is 217 g/mol. The summed E-state index contributed by atoms with van der Waals surface area (Å²) in [5, 5.41) is 0. The molecule has 0 N–H and O–H groups in total. The van der Waals surface area contributed by atoms with Crippen molar-refractivity contribution in [3.63, 3.8) is 0 Å². The van der Waals surface area contributed by atoms with E-state index in [4.69, 9.17) is 0 Å². The minimum Gasteiger partial charge on any atom is -0.306 e. The Morgan fingerprint density at radius 3 is 2.88 bits per heavy atom. The van der Waals surface area contributed by atoms with E-state index >= 15 is 0 Å². The van der Waals surface area contributed by atoms with Gasteiger partial charge in [0.2, 0.25) is 5.95 Å². The molecule has 0 spiro atoms. The maximum atomic E-state index is 13.1. The summed E-state index contributed by atoms with van der Waals surface area (Å²) in [4.78, 5) is 8.05. The normalized spacial score (nSPS) is 15.4. The highest BCUT2D eigenvalue weighted by Gasteiger charge is 2.25. The Bertz CT molecular complexity index is 509. The van der Waals surface area contributed by atoms with Gasteiger partial charge in [0.1, 0.15) is 0 Å². The standard InChI is InChI=1S/C12H12FN3/c1-8-4-10(5-12(13)15-8)16-6-11(14-7-16)9-2-3-9/h4-7,9H,2-3H2,1H3. The van der Waals surface area contributed by atoms with Crippen LogP contribution < -0.4 is 0 Å². The fourth-order valence-corrected chi connectivity index (χ4v) is 1.83. The molecule has 82 valence electrons. The van der Waals surface area contributed by atoms with Gasteiger partial charge in [0, 0.05) is 23.9 Å². The van der Waals surface area contributed by atoms with Crippen molar-refractivity contribution in [1.82, 2.24) is 14.5 Å². The predicted molar refractivity (Wildman–Crippen MR) is 58.0 cm³/mol.